The Bertz CT molecular complexity index is 836. The molecule has 6 nitrogen and oxygen atoms in total. The van der Waals surface area contributed by atoms with Crippen LogP contribution in [0.1, 0.15) is 40.4 Å². The van der Waals surface area contributed by atoms with Crippen molar-refractivity contribution >= 4 is 11.9 Å². The van der Waals surface area contributed by atoms with Crippen molar-refractivity contribution in [1.82, 2.24) is 4.57 Å². The summed E-state index contributed by atoms with van der Waals surface area (Å²) in [6, 6.07) is 9.35. The molecular weight excluding hydrogens is 358 g/mol. The Morgan fingerprint density at radius 3 is 2.25 bits per heavy atom. The SMILES string of the molecule is CCOC(=O)c1c(-c2ccccc2)c(C(=O)OCC)n(CC=CCOC)c1C. The quantitative estimate of drug-likeness (QED) is 0.482. The van der Waals surface area contributed by atoms with Crippen molar-refractivity contribution in [3.63, 3.8) is 0 Å². The summed E-state index contributed by atoms with van der Waals surface area (Å²) in [4.78, 5) is 25.6. The third-order valence-corrected chi connectivity index (χ3v) is 4.25. The summed E-state index contributed by atoms with van der Waals surface area (Å²) in [7, 11) is 1.61. The minimum absolute atomic E-state index is 0.242. The minimum Gasteiger partial charge on any atom is -0.462 e. The van der Waals surface area contributed by atoms with Gasteiger partial charge in [-0.25, -0.2) is 9.59 Å². The summed E-state index contributed by atoms with van der Waals surface area (Å²) >= 11 is 0. The highest BCUT2D eigenvalue weighted by atomic mass is 16.5. The fourth-order valence-corrected chi connectivity index (χ4v) is 3.06. The standard InChI is InChI=1S/C22H27NO5/c1-5-27-21(24)18-16(3)23(14-10-11-15-26-4)20(22(25)28-6-2)19(18)17-12-8-7-9-13-17/h7-13H,5-6,14-15H2,1-4H3. The number of esters is 2. The molecule has 0 spiro atoms. The Morgan fingerprint density at radius 2 is 1.64 bits per heavy atom. The Kier molecular flexibility index (Phi) is 8.02. The first-order chi connectivity index (χ1) is 13.6. The molecule has 6 heteroatoms. The number of nitrogens with zero attached hydrogens (tertiary/aromatic N) is 1. The van der Waals surface area contributed by atoms with Gasteiger partial charge in [-0.05, 0) is 26.3 Å². The molecule has 1 heterocycles. The van der Waals surface area contributed by atoms with E-state index in [4.69, 9.17) is 14.2 Å². The van der Waals surface area contributed by atoms with Crippen molar-refractivity contribution < 1.29 is 23.8 Å². The lowest BCUT2D eigenvalue weighted by Crippen LogP contribution is -2.14. The first kappa shape index (κ1) is 21.4. The van der Waals surface area contributed by atoms with Crippen LogP contribution in [-0.4, -0.2) is 43.4 Å². The Balaban J connectivity index is 2.73. The van der Waals surface area contributed by atoms with Gasteiger partial charge in [0.15, 0.2) is 0 Å². The second-order valence-corrected chi connectivity index (χ2v) is 6.03. The van der Waals surface area contributed by atoms with Gasteiger partial charge in [0.25, 0.3) is 0 Å². The van der Waals surface area contributed by atoms with Gasteiger partial charge >= 0.3 is 11.9 Å². The van der Waals surface area contributed by atoms with Crippen LogP contribution in [0, 0.1) is 6.92 Å². The minimum atomic E-state index is -0.472. The van der Waals surface area contributed by atoms with E-state index in [1.165, 1.54) is 0 Å². The van der Waals surface area contributed by atoms with E-state index in [1.807, 2.05) is 49.4 Å². The predicted molar refractivity (Wildman–Crippen MR) is 108 cm³/mol. The zero-order chi connectivity index (χ0) is 20.5. The zero-order valence-corrected chi connectivity index (χ0v) is 16.9. The molecule has 2 aromatic rings. The second-order valence-electron chi connectivity index (χ2n) is 6.03. The maximum Gasteiger partial charge on any atom is 0.355 e. The number of hydrogen-bond donors (Lipinski definition) is 0. The zero-order valence-electron chi connectivity index (χ0n) is 16.9. The molecule has 0 aliphatic carbocycles. The monoisotopic (exact) mass is 385 g/mol. The normalized spacial score (nSPS) is 11.0. The molecule has 0 saturated carbocycles. The van der Waals surface area contributed by atoms with Gasteiger partial charge in [-0.3, -0.25) is 0 Å². The molecule has 0 unspecified atom stereocenters. The van der Waals surface area contributed by atoms with Gasteiger partial charge in [-0.15, -0.1) is 0 Å². The number of methoxy groups -OCH3 is 1. The molecule has 0 radical (unpaired) electrons. The van der Waals surface area contributed by atoms with Crippen LogP contribution in [0.2, 0.25) is 0 Å². The number of carbonyl (C=O) groups is 2. The first-order valence-corrected chi connectivity index (χ1v) is 9.33. The van der Waals surface area contributed by atoms with Gasteiger partial charge in [0, 0.05) is 24.9 Å². The lowest BCUT2D eigenvalue weighted by molar-refractivity contribution is 0.0512. The fraction of sp³-hybridized carbons (Fsp3) is 0.364. The summed E-state index contributed by atoms with van der Waals surface area (Å²) in [6.07, 6.45) is 3.75. The highest BCUT2D eigenvalue weighted by Gasteiger charge is 2.30. The summed E-state index contributed by atoms with van der Waals surface area (Å²) in [5, 5.41) is 0. The number of rotatable bonds is 9. The molecule has 0 bridgehead atoms. The van der Waals surface area contributed by atoms with Crippen LogP contribution in [0.5, 0.6) is 0 Å². The van der Waals surface area contributed by atoms with Crippen molar-refractivity contribution in [3.8, 4) is 11.1 Å². The smallest absolute Gasteiger partial charge is 0.355 e. The molecule has 0 aliphatic heterocycles. The molecular formula is C22H27NO5. The molecule has 0 atom stereocenters. The topological polar surface area (TPSA) is 66.8 Å². The van der Waals surface area contributed by atoms with Crippen molar-refractivity contribution in [2.45, 2.75) is 27.3 Å². The Hall–Kier alpha value is -2.86. The van der Waals surface area contributed by atoms with Gasteiger partial charge in [0.1, 0.15) is 5.69 Å². The van der Waals surface area contributed by atoms with Crippen molar-refractivity contribution in [2.24, 2.45) is 0 Å². The summed E-state index contributed by atoms with van der Waals surface area (Å²) < 4.78 is 17.4. The molecule has 28 heavy (non-hydrogen) atoms. The summed E-state index contributed by atoms with van der Waals surface area (Å²) in [5.41, 5.74) is 2.68. The summed E-state index contributed by atoms with van der Waals surface area (Å²) in [5.74, 6) is -0.927. The van der Waals surface area contributed by atoms with Crippen LogP contribution >= 0.6 is 0 Å². The molecule has 0 aliphatic rings. The van der Waals surface area contributed by atoms with E-state index >= 15 is 0 Å². The van der Waals surface area contributed by atoms with Gasteiger partial charge in [0.05, 0.1) is 25.4 Å². The van der Waals surface area contributed by atoms with Crippen molar-refractivity contribution in [1.29, 1.82) is 0 Å². The van der Waals surface area contributed by atoms with Gasteiger partial charge in [-0.1, -0.05) is 42.5 Å². The number of hydrogen-bond acceptors (Lipinski definition) is 5. The maximum absolute atomic E-state index is 12.9. The largest absolute Gasteiger partial charge is 0.462 e. The third kappa shape index (κ3) is 4.70. The van der Waals surface area contributed by atoms with E-state index in [-0.39, 0.29) is 13.2 Å². The fourth-order valence-electron chi connectivity index (χ4n) is 3.06. The molecule has 1 aromatic carbocycles. The second kappa shape index (κ2) is 10.5. The number of carbonyl (C=O) groups excluding carboxylic acids is 2. The van der Waals surface area contributed by atoms with Gasteiger partial charge in [-0.2, -0.15) is 0 Å². The Morgan fingerprint density at radius 1 is 1.00 bits per heavy atom. The van der Waals surface area contributed by atoms with E-state index in [0.717, 1.165) is 5.56 Å². The molecule has 0 amide bonds. The molecule has 0 fully saturated rings. The van der Waals surface area contributed by atoms with Crippen LogP contribution in [0.3, 0.4) is 0 Å². The lowest BCUT2D eigenvalue weighted by Gasteiger charge is -2.10. The van der Waals surface area contributed by atoms with Gasteiger partial charge in [0.2, 0.25) is 0 Å². The molecule has 0 saturated heterocycles. The van der Waals surface area contributed by atoms with E-state index in [0.29, 0.717) is 35.7 Å². The first-order valence-electron chi connectivity index (χ1n) is 9.33. The Labute approximate surface area is 165 Å². The van der Waals surface area contributed by atoms with E-state index in [2.05, 4.69) is 0 Å². The van der Waals surface area contributed by atoms with Crippen LogP contribution in [0.15, 0.2) is 42.5 Å². The lowest BCUT2D eigenvalue weighted by atomic mass is 10.00. The number of benzene rings is 1. The highest BCUT2D eigenvalue weighted by Crippen LogP contribution is 2.34. The molecule has 2 rings (SSSR count). The van der Waals surface area contributed by atoms with Crippen molar-refractivity contribution in [3.05, 3.63) is 59.4 Å². The average Bonchev–Trinajstić information content (AvgIpc) is 2.99. The molecule has 1 aromatic heterocycles. The highest BCUT2D eigenvalue weighted by molar-refractivity contribution is 6.07. The number of aromatic nitrogens is 1. The van der Waals surface area contributed by atoms with E-state index in [1.54, 1.807) is 25.5 Å². The number of allylic oxidation sites excluding steroid dienone is 1. The van der Waals surface area contributed by atoms with E-state index < -0.39 is 11.9 Å². The summed E-state index contributed by atoms with van der Waals surface area (Å²) in [6.45, 7) is 6.68. The van der Waals surface area contributed by atoms with Crippen molar-refractivity contribution in [2.75, 3.05) is 26.9 Å². The van der Waals surface area contributed by atoms with Crippen LogP contribution < -0.4 is 0 Å². The third-order valence-electron chi connectivity index (χ3n) is 4.25. The number of ether oxygens (including phenoxy) is 3. The van der Waals surface area contributed by atoms with Crippen LogP contribution in [-0.2, 0) is 20.8 Å². The van der Waals surface area contributed by atoms with Gasteiger partial charge < -0.3 is 18.8 Å². The maximum atomic E-state index is 12.9. The van der Waals surface area contributed by atoms with Crippen LogP contribution in [0.4, 0.5) is 0 Å². The van der Waals surface area contributed by atoms with E-state index in [9.17, 15) is 9.59 Å². The molecule has 0 N–H and O–H groups in total. The molecule has 150 valence electrons. The average molecular weight is 385 g/mol. The predicted octanol–water partition coefficient (Wildman–Crippen LogP) is 4.02. The van der Waals surface area contributed by atoms with Crippen LogP contribution in [0.25, 0.3) is 11.1 Å².